The topological polar surface area (TPSA) is 134 Å². The number of hydrogen-bond acceptors (Lipinski definition) is 7. The molecular weight excluding hydrogens is 553 g/mol. The van der Waals surface area contributed by atoms with Crippen molar-refractivity contribution in [1.82, 2.24) is 30.2 Å². The molecule has 3 N–H and O–H groups in total. The van der Waals surface area contributed by atoms with E-state index >= 15 is 0 Å². The molecule has 0 unspecified atom stereocenters. The molecule has 0 saturated heterocycles. The molecule has 12 heteroatoms. The Balaban J connectivity index is 1.48. The van der Waals surface area contributed by atoms with E-state index in [-0.39, 0.29) is 6.79 Å². The Hall–Kier alpha value is -4.67. The van der Waals surface area contributed by atoms with Gasteiger partial charge >= 0.3 is 0 Å². The van der Waals surface area contributed by atoms with Gasteiger partial charge in [-0.25, -0.2) is 4.98 Å². The fourth-order valence-corrected chi connectivity index (χ4v) is 5.03. The van der Waals surface area contributed by atoms with E-state index in [1.54, 1.807) is 30.3 Å². The molecule has 0 spiro atoms. The predicted octanol–water partition coefficient (Wildman–Crippen LogP) is 4.98. The van der Waals surface area contributed by atoms with Crippen molar-refractivity contribution in [2.75, 3.05) is 6.79 Å². The molecule has 10 nitrogen and oxygen atoms in total. The van der Waals surface area contributed by atoms with Crippen LogP contribution < -0.4 is 15.2 Å². The van der Waals surface area contributed by atoms with Crippen molar-refractivity contribution in [1.29, 1.82) is 0 Å². The van der Waals surface area contributed by atoms with Gasteiger partial charge in [0.2, 0.25) is 12.7 Å². The SMILES string of the molecule is NC(=O)C(=Cc1cc(Cl)ccc1-n1cnnn1)[C@H](Cc1ccccc1)c1nc(-c2ccc3c(c2)OCO3)c(Cl)[nH]1. The monoisotopic (exact) mass is 573 g/mol. The van der Waals surface area contributed by atoms with Crippen molar-refractivity contribution in [3.05, 3.63) is 106 Å². The maximum Gasteiger partial charge on any atom is 0.245 e. The molecule has 1 amide bonds. The highest BCUT2D eigenvalue weighted by molar-refractivity contribution is 6.32. The summed E-state index contributed by atoms with van der Waals surface area (Å²) in [6, 6.07) is 20.4. The number of benzene rings is 3. The molecule has 5 aromatic rings. The molecule has 0 saturated carbocycles. The van der Waals surface area contributed by atoms with Gasteiger partial charge in [0, 0.05) is 21.7 Å². The number of aromatic amines is 1. The fourth-order valence-electron chi connectivity index (χ4n) is 4.61. The van der Waals surface area contributed by atoms with Crippen LogP contribution >= 0.6 is 23.2 Å². The average molecular weight is 574 g/mol. The largest absolute Gasteiger partial charge is 0.454 e. The number of tetrazole rings is 1. The number of fused-ring (bicyclic) bond motifs is 1. The van der Waals surface area contributed by atoms with E-state index < -0.39 is 11.8 Å². The summed E-state index contributed by atoms with van der Waals surface area (Å²) >= 11 is 13.0. The number of halogens is 2. The van der Waals surface area contributed by atoms with Gasteiger partial charge in [0.1, 0.15) is 23.0 Å². The Morgan fingerprint density at radius 1 is 1.07 bits per heavy atom. The lowest BCUT2D eigenvalue weighted by molar-refractivity contribution is -0.114. The maximum atomic E-state index is 13.0. The van der Waals surface area contributed by atoms with Gasteiger partial charge < -0.3 is 20.2 Å². The van der Waals surface area contributed by atoms with Crippen LogP contribution in [0.4, 0.5) is 0 Å². The summed E-state index contributed by atoms with van der Waals surface area (Å²) in [6.07, 6.45) is 3.56. The van der Waals surface area contributed by atoms with E-state index in [1.165, 1.54) is 11.0 Å². The van der Waals surface area contributed by atoms with Gasteiger partial charge in [0.15, 0.2) is 11.5 Å². The number of nitrogens with one attached hydrogen (secondary N) is 1. The Morgan fingerprint density at radius 3 is 2.67 bits per heavy atom. The van der Waals surface area contributed by atoms with E-state index in [0.29, 0.717) is 56.4 Å². The van der Waals surface area contributed by atoms with Gasteiger partial charge in [-0.05, 0) is 64.9 Å². The van der Waals surface area contributed by atoms with Crippen molar-refractivity contribution >= 4 is 35.2 Å². The van der Waals surface area contributed by atoms with Crippen LogP contribution in [-0.2, 0) is 11.2 Å². The predicted molar refractivity (Wildman–Crippen MR) is 149 cm³/mol. The van der Waals surface area contributed by atoms with Crippen LogP contribution in [0.3, 0.4) is 0 Å². The normalized spacial score (nSPS) is 13.4. The van der Waals surface area contributed by atoms with Crippen molar-refractivity contribution in [2.24, 2.45) is 5.73 Å². The van der Waals surface area contributed by atoms with E-state index in [4.69, 9.17) is 43.4 Å². The number of carbonyl (C=O) groups is 1. The number of aromatic nitrogens is 6. The molecule has 40 heavy (non-hydrogen) atoms. The van der Waals surface area contributed by atoms with Crippen LogP contribution in [-0.4, -0.2) is 42.9 Å². The zero-order chi connectivity index (χ0) is 27.6. The molecule has 0 fully saturated rings. The Morgan fingerprint density at radius 2 is 1.90 bits per heavy atom. The summed E-state index contributed by atoms with van der Waals surface area (Å²) in [4.78, 5) is 21.1. The molecule has 0 aliphatic carbocycles. The summed E-state index contributed by atoms with van der Waals surface area (Å²) in [5.41, 5.74) is 9.73. The number of nitrogens with two attached hydrogens (primary N) is 1. The summed E-state index contributed by atoms with van der Waals surface area (Å²) in [7, 11) is 0. The number of carbonyl (C=O) groups excluding carboxylic acids is 1. The number of primary amides is 1. The highest BCUT2D eigenvalue weighted by Gasteiger charge is 2.27. The second kappa shape index (κ2) is 10.8. The van der Waals surface area contributed by atoms with Crippen LogP contribution in [0.5, 0.6) is 11.5 Å². The molecular formula is C28H21Cl2N7O3. The third-order valence-electron chi connectivity index (χ3n) is 6.49. The number of hydrogen-bond donors (Lipinski definition) is 2. The molecule has 0 radical (unpaired) electrons. The highest BCUT2D eigenvalue weighted by Crippen LogP contribution is 2.39. The molecule has 1 aliphatic heterocycles. The van der Waals surface area contributed by atoms with Crippen LogP contribution in [0.25, 0.3) is 23.0 Å². The first-order valence-electron chi connectivity index (χ1n) is 12.2. The van der Waals surface area contributed by atoms with Crippen molar-refractivity contribution in [3.63, 3.8) is 0 Å². The zero-order valence-electron chi connectivity index (χ0n) is 20.8. The standard InChI is InChI=1S/C28H21Cl2N7O3/c29-19-7-8-22(37-14-32-35-36-37)18(11-19)12-20(27(31)38)21(10-16-4-2-1-3-5-16)28-33-25(26(30)34-28)17-6-9-23-24(13-17)40-15-39-23/h1-9,11-14,21H,10,15H2,(H2,31,38)(H,33,34)/t21-/m0/s1. The van der Waals surface area contributed by atoms with E-state index in [1.807, 2.05) is 42.5 Å². The zero-order valence-corrected chi connectivity index (χ0v) is 22.3. The summed E-state index contributed by atoms with van der Waals surface area (Å²) in [5, 5.41) is 12.2. The van der Waals surface area contributed by atoms with Gasteiger partial charge in [-0.15, -0.1) is 5.10 Å². The third kappa shape index (κ3) is 5.14. The number of H-pyrrole nitrogens is 1. The van der Waals surface area contributed by atoms with Crippen LogP contribution in [0, 0.1) is 0 Å². The quantitative estimate of drug-likeness (QED) is 0.250. The Labute approximate surface area is 238 Å². The molecule has 1 aliphatic rings. The summed E-state index contributed by atoms with van der Waals surface area (Å²) < 4.78 is 12.4. The lowest BCUT2D eigenvalue weighted by atomic mass is 9.89. The minimum Gasteiger partial charge on any atom is -0.454 e. The molecule has 200 valence electrons. The number of rotatable bonds is 8. The minimum absolute atomic E-state index is 0.153. The number of imidazole rings is 1. The Kier molecular flexibility index (Phi) is 6.93. The third-order valence-corrected chi connectivity index (χ3v) is 7.00. The van der Waals surface area contributed by atoms with Crippen LogP contribution in [0.1, 0.15) is 22.9 Å². The molecule has 6 rings (SSSR count). The van der Waals surface area contributed by atoms with Gasteiger partial charge in [0.25, 0.3) is 0 Å². The number of amides is 1. The second-order valence-electron chi connectivity index (χ2n) is 9.02. The molecule has 2 aromatic heterocycles. The summed E-state index contributed by atoms with van der Waals surface area (Å²) in [5.74, 6) is 0.517. The van der Waals surface area contributed by atoms with Gasteiger partial charge in [0.05, 0.1) is 11.6 Å². The van der Waals surface area contributed by atoms with E-state index in [9.17, 15) is 4.79 Å². The number of ether oxygens (including phenoxy) is 2. The second-order valence-corrected chi connectivity index (χ2v) is 9.83. The Bertz CT molecular complexity index is 1720. The van der Waals surface area contributed by atoms with Crippen molar-refractivity contribution in [2.45, 2.75) is 12.3 Å². The number of nitrogens with zero attached hydrogens (tertiary/aromatic N) is 5. The molecule has 0 bridgehead atoms. The van der Waals surface area contributed by atoms with Gasteiger partial charge in [-0.2, -0.15) is 4.68 Å². The van der Waals surface area contributed by atoms with E-state index in [2.05, 4.69) is 20.5 Å². The minimum atomic E-state index is -0.624. The average Bonchev–Trinajstić information content (AvgIpc) is 3.72. The first-order chi connectivity index (χ1) is 19.5. The molecule has 3 heterocycles. The summed E-state index contributed by atoms with van der Waals surface area (Å²) in [6.45, 7) is 0.153. The van der Waals surface area contributed by atoms with E-state index in [0.717, 1.165) is 11.1 Å². The van der Waals surface area contributed by atoms with Crippen molar-refractivity contribution in [3.8, 4) is 28.4 Å². The first-order valence-corrected chi connectivity index (χ1v) is 13.0. The molecule has 1 atom stereocenters. The van der Waals surface area contributed by atoms with Gasteiger partial charge in [-0.1, -0.05) is 53.5 Å². The van der Waals surface area contributed by atoms with Crippen molar-refractivity contribution < 1.29 is 14.3 Å². The highest BCUT2D eigenvalue weighted by atomic mass is 35.5. The van der Waals surface area contributed by atoms with Crippen LogP contribution in [0.2, 0.25) is 10.2 Å². The van der Waals surface area contributed by atoms with Gasteiger partial charge in [-0.3, -0.25) is 4.79 Å². The maximum absolute atomic E-state index is 13.0. The van der Waals surface area contributed by atoms with Crippen LogP contribution in [0.15, 0.2) is 78.6 Å². The smallest absolute Gasteiger partial charge is 0.245 e. The lowest BCUT2D eigenvalue weighted by Gasteiger charge is -2.18. The fraction of sp³-hybridized carbons (Fsp3) is 0.107. The molecule has 3 aromatic carbocycles. The lowest BCUT2D eigenvalue weighted by Crippen LogP contribution is -2.22. The first kappa shape index (κ1) is 25.6.